The summed E-state index contributed by atoms with van der Waals surface area (Å²) in [4.78, 5) is 66.5. The van der Waals surface area contributed by atoms with E-state index in [2.05, 4.69) is 20.9 Å². The summed E-state index contributed by atoms with van der Waals surface area (Å²) in [5.41, 5.74) is 17.7. The Morgan fingerprint density at radius 3 is 1.69 bits per heavy atom. The largest absolute Gasteiger partial charge is 0.508 e. The van der Waals surface area contributed by atoms with Crippen molar-refractivity contribution in [2.24, 2.45) is 22.2 Å². The highest BCUT2D eigenvalue weighted by Gasteiger charge is 2.31. The summed E-state index contributed by atoms with van der Waals surface area (Å²) in [6.45, 7) is 0.121. The van der Waals surface area contributed by atoms with Crippen LogP contribution in [-0.2, 0) is 36.8 Å². The average molecular weight is 630 g/mol. The third-order valence-corrected chi connectivity index (χ3v) is 6.58. The lowest BCUT2D eigenvalue weighted by Crippen LogP contribution is -2.57. The summed E-state index contributed by atoms with van der Waals surface area (Å²) in [6.07, 6.45) is -0.749. The highest BCUT2D eigenvalue weighted by Crippen LogP contribution is 2.13. The Labute approximate surface area is 258 Å². The molecule has 13 N–H and O–H groups in total. The maximum atomic E-state index is 13.4. The quantitative estimate of drug-likeness (QED) is 0.0521. The van der Waals surface area contributed by atoms with E-state index in [1.807, 2.05) is 0 Å². The number of rotatable bonds is 18. The van der Waals surface area contributed by atoms with Crippen molar-refractivity contribution >= 4 is 35.6 Å². The number of nitrogens with one attached hydrogen (secondary N) is 3. The van der Waals surface area contributed by atoms with E-state index in [0.29, 0.717) is 11.1 Å². The van der Waals surface area contributed by atoms with Crippen molar-refractivity contribution < 1.29 is 44.4 Å². The van der Waals surface area contributed by atoms with E-state index in [4.69, 9.17) is 17.2 Å². The normalized spacial score (nSPS) is 13.4. The second-order valence-corrected chi connectivity index (χ2v) is 10.3. The summed E-state index contributed by atoms with van der Waals surface area (Å²) < 4.78 is 0. The molecule has 0 aliphatic heterocycles. The molecule has 0 spiro atoms. The van der Waals surface area contributed by atoms with Gasteiger partial charge in [0.05, 0.1) is 6.04 Å². The molecule has 45 heavy (non-hydrogen) atoms. The number of hydrogen-bond acceptors (Lipinski definition) is 9. The Kier molecular flexibility index (Phi) is 14.1. The first-order valence-electron chi connectivity index (χ1n) is 14.0. The Morgan fingerprint density at radius 2 is 1.18 bits per heavy atom. The molecular formula is C29H39N7O9. The number of carboxylic acid groups (broad SMARTS) is 2. The van der Waals surface area contributed by atoms with Crippen molar-refractivity contribution in [1.82, 2.24) is 16.0 Å². The minimum atomic E-state index is -1.41. The van der Waals surface area contributed by atoms with Crippen LogP contribution in [0, 0.1) is 0 Å². The van der Waals surface area contributed by atoms with E-state index < -0.39 is 60.2 Å². The SMILES string of the molecule is NC(N)=NCCCC(NC(=O)C(Cc1ccc(O)cc1)NC(=O)C(CCC(=O)O)NC(=O)C(N)Cc1ccc(O)cc1)C(=O)O. The molecule has 16 heteroatoms. The van der Waals surface area contributed by atoms with Crippen LogP contribution in [-0.4, -0.2) is 86.8 Å². The average Bonchev–Trinajstić information content (AvgIpc) is 2.97. The summed E-state index contributed by atoms with van der Waals surface area (Å²) in [5.74, 6) is -5.30. The summed E-state index contributed by atoms with van der Waals surface area (Å²) in [6, 6.07) is 6.41. The van der Waals surface area contributed by atoms with Gasteiger partial charge >= 0.3 is 11.9 Å². The lowest BCUT2D eigenvalue weighted by atomic mass is 10.0. The van der Waals surface area contributed by atoms with Crippen molar-refractivity contribution in [2.45, 2.75) is 62.7 Å². The highest BCUT2D eigenvalue weighted by molar-refractivity contribution is 5.94. The van der Waals surface area contributed by atoms with Crippen LogP contribution in [0.4, 0.5) is 0 Å². The Balaban J connectivity index is 2.23. The van der Waals surface area contributed by atoms with Gasteiger partial charge in [-0.3, -0.25) is 24.2 Å². The molecule has 2 aromatic rings. The zero-order valence-electron chi connectivity index (χ0n) is 24.4. The van der Waals surface area contributed by atoms with Crippen LogP contribution in [0.15, 0.2) is 53.5 Å². The van der Waals surface area contributed by atoms with Gasteiger partial charge in [-0.2, -0.15) is 0 Å². The smallest absolute Gasteiger partial charge is 0.326 e. The summed E-state index contributed by atoms with van der Waals surface area (Å²) in [7, 11) is 0. The van der Waals surface area contributed by atoms with E-state index >= 15 is 0 Å². The molecule has 4 unspecified atom stereocenters. The molecule has 0 aromatic heterocycles. The molecule has 0 bridgehead atoms. The molecule has 0 saturated heterocycles. The van der Waals surface area contributed by atoms with Gasteiger partial charge in [-0.1, -0.05) is 24.3 Å². The predicted octanol–water partition coefficient (Wildman–Crippen LogP) is -1.33. The van der Waals surface area contributed by atoms with Gasteiger partial charge in [0.1, 0.15) is 29.6 Å². The molecule has 244 valence electrons. The maximum Gasteiger partial charge on any atom is 0.326 e. The highest BCUT2D eigenvalue weighted by atomic mass is 16.4. The molecule has 2 aromatic carbocycles. The first-order valence-corrected chi connectivity index (χ1v) is 14.0. The van der Waals surface area contributed by atoms with E-state index in [0.717, 1.165) is 0 Å². The fourth-order valence-corrected chi connectivity index (χ4v) is 4.18. The van der Waals surface area contributed by atoms with Gasteiger partial charge in [-0.25, -0.2) is 4.79 Å². The summed E-state index contributed by atoms with van der Waals surface area (Å²) >= 11 is 0. The van der Waals surface area contributed by atoms with Crippen molar-refractivity contribution in [3.05, 3.63) is 59.7 Å². The third kappa shape index (κ3) is 13.2. The number of nitrogens with zero attached hydrogens (tertiary/aromatic N) is 1. The van der Waals surface area contributed by atoms with Gasteiger partial charge in [0, 0.05) is 19.4 Å². The van der Waals surface area contributed by atoms with Gasteiger partial charge < -0.3 is 53.6 Å². The zero-order valence-corrected chi connectivity index (χ0v) is 24.4. The first kappa shape index (κ1) is 35.8. The van der Waals surface area contributed by atoms with Gasteiger partial charge in [-0.15, -0.1) is 0 Å². The van der Waals surface area contributed by atoms with Crippen LogP contribution in [0.2, 0.25) is 0 Å². The lowest BCUT2D eigenvalue weighted by molar-refractivity contribution is -0.142. The molecule has 4 atom stereocenters. The predicted molar refractivity (Wildman–Crippen MR) is 162 cm³/mol. The number of carbonyl (C=O) groups excluding carboxylic acids is 3. The van der Waals surface area contributed by atoms with Gasteiger partial charge in [0.15, 0.2) is 5.96 Å². The van der Waals surface area contributed by atoms with Gasteiger partial charge in [-0.05, 0) is 61.1 Å². The molecule has 0 aliphatic rings. The number of benzene rings is 2. The Morgan fingerprint density at radius 1 is 0.689 bits per heavy atom. The molecule has 16 nitrogen and oxygen atoms in total. The number of nitrogens with two attached hydrogens (primary N) is 3. The number of hydrogen-bond donors (Lipinski definition) is 10. The van der Waals surface area contributed by atoms with Crippen molar-refractivity contribution in [3.63, 3.8) is 0 Å². The van der Waals surface area contributed by atoms with E-state index in [1.165, 1.54) is 36.4 Å². The van der Waals surface area contributed by atoms with Crippen LogP contribution in [0.1, 0.15) is 36.8 Å². The molecule has 0 fully saturated rings. The van der Waals surface area contributed by atoms with E-state index in [-0.39, 0.29) is 56.1 Å². The first-order chi connectivity index (χ1) is 21.2. The number of aliphatic imine (C=N–C) groups is 1. The molecule has 0 heterocycles. The second kappa shape index (κ2) is 17.7. The van der Waals surface area contributed by atoms with Crippen LogP contribution in [0.5, 0.6) is 11.5 Å². The van der Waals surface area contributed by atoms with Gasteiger partial charge in [0.2, 0.25) is 17.7 Å². The Hall–Kier alpha value is -5.38. The van der Waals surface area contributed by atoms with Gasteiger partial charge in [0.25, 0.3) is 0 Å². The van der Waals surface area contributed by atoms with Crippen LogP contribution < -0.4 is 33.2 Å². The number of amides is 3. The second-order valence-electron chi connectivity index (χ2n) is 10.3. The molecule has 0 radical (unpaired) electrons. The lowest BCUT2D eigenvalue weighted by Gasteiger charge is -2.25. The molecule has 2 rings (SSSR count). The fourth-order valence-electron chi connectivity index (χ4n) is 4.18. The van der Waals surface area contributed by atoms with Crippen molar-refractivity contribution in [3.8, 4) is 11.5 Å². The Bertz CT molecular complexity index is 1350. The third-order valence-electron chi connectivity index (χ3n) is 6.58. The van der Waals surface area contributed by atoms with E-state index in [9.17, 15) is 44.4 Å². The van der Waals surface area contributed by atoms with Crippen LogP contribution in [0.25, 0.3) is 0 Å². The molecule has 0 aliphatic carbocycles. The number of carbonyl (C=O) groups is 5. The minimum absolute atomic E-state index is 0.0219. The van der Waals surface area contributed by atoms with Crippen molar-refractivity contribution in [2.75, 3.05) is 6.54 Å². The standard InChI is InChI=1S/C29H39N7O9/c30-20(14-16-3-7-18(37)8-4-16)25(41)34-21(11-12-24(39)40)26(42)36-23(15-17-5-9-19(38)10-6-17)27(43)35-22(28(44)45)2-1-13-33-29(31)32/h3-10,20-23,37-38H,1-2,11-15,30H2,(H,34,41)(H,35,43)(H,36,42)(H,39,40)(H,44,45)(H4,31,32,33). The number of guanidine groups is 1. The van der Waals surface area contributed by atoms with E-state index in [1.54, 1.807) is 12.1 Å². The molecular weight excluding hydrogens is 590 g/mol. The fraction of sp³-hybridized carbons (Fsp3) is 0.379. The number of carboxylic acids is 2. The van der Waals surface area contributed by atoms with Crippen molar-refractivity contribution in [1.29, 1.82) is 0 Å². The monoisotopic (exact) mass is 629 g/mol. The zero-order chi connectivity index (χ0) is 33.5. The number of aromatic hydroxyl groups is 2. The minimum Gasteiger partial charge on any atom is -0.508 e. The topological polar surface area (TPSA) is 293 Å². The number of phenols is 2. The van der Waals surface area contributed by atoms with Crippen LogP contribution >= 0.6 is 0 Å². The maximum absolute atomic E-state index is 13.4. The summed E-state index contributed by atoms with van der Waals surface area (Å²) in [5, 5.41) is 45.3. The molecule has 0 saturated carbocycles. The number of aliphatic carboxylic acids is 2. The molecule has 3 amide bonds. The number of phenolic OH excluding ortho intramolecular Hbond substituents is 2. The van der Waals surface area contributed by atoms with Crippen LogP contribution in [0.3, 0.4) is 0 Å².